The van der Waals surface area contributed by atoms with Crippen LogP contribution in [0, 0.1) is 54.7 Å². The summed E-state index contributed by atoms with van der Waals surface area (Å²) in [5.74, 6) is -1.22. The lowest BCUT2D eigenvalue weighted by atomic mass is 9.35. The highest BCUT2D eigenvalue weighted by Gasteiger charge is 2.75. The number of hydrogen-bond acceptors (Lipinski definition) is 9. The summed E-state index contributed by atoms with van der Waals surface area (Å²) in [6.45, 7) is 8.14. The normalized spacial score (nSPS) is 33.6. The first-order valence-corrected chi connectivity index (χ1v) is 13.4. The number of non-ortho nitro benzene ring substituents is 2. The van der Waals surface area contributed by atoms with Crippen molar-refractivity contribution in [1.29, 1.82) is 0 Å². The topological polar surface area (TPSA) is 159 Å². The van der Waals surface area contributed by atoms with Gasteiger partial charge >= 0.3 is 11.9 Å². The fourth-order valence-electron chi connectivity index (χ4n) is 7.93. The van der Waals surface area contributed by atoms with Crippen LogP contribution in [0.1, 0.15) is 61.3 Å². The SMILES string of the molecule is C[C@H]1C[C@@H](O)[C@@H]2[C@@H]3[C@H]1[C@@]2(C)[C@H](OC(=O)c1ccc([N+](=O)[O-])cc1)C[C@@H](OC(=O)c1ccc([N+](=O)[O-])cc1)C3(C)C. The van der Waals surface area contributed by atoms with Crippen LogP contribution >= 0.6 is 0 Å². The molecule has 2 aromatic rings. The van der Waals surface area contributed by atoms with Gasteiger partial charge in [-0.05, 0) is 54.4 Å². The summed E-state index contributed by atoms with van der Waals surface area (Å²) in [5.41, 5.74) is -1.11. The number of ether oxygens (including phenoxy) is 2. The first-order valence-electron chi connectivity index (χ1n) is 13.4. The quantitative estimate of drug-likeness (QED) is 0.297. The molecule has 7 rings (SSSR count). The largest absolute Gasteiger partial charge is 0.458 e. The molecule has 0 amide bonds. The molecule has 11 nitrogen and oxygen atoms in total. The summed E-state index contributed by atoms with van der Waals surface area (Å²) < 4.78 is 12.2. The van der Waals surface area contributed by atoms with E-state index in [-0.39, 0.29) is 52.6 Å². The molecule has 0 spiro atoms. The molecule has 2 aromatic carbocycles. The highest BCUT2D eigenvalue weighted by Crippen LogP contribution is 2.74. The Balaban J connectivity index is 1.46. The third kappa shape index (κ3) is 4.23. The van der Waals surface area contributed by atoms with E-state index in [1.54, 1.807) is 0 Å². The first kappa shape index (κ1) is 27.7. The number of benzene rings is 2. The molecular weight excluding hydrogens is 520 g/mol. The van der Waals surface area contributed by atoms with Crippen LogP contribution in [-0.4, -0.2) is 45.2 Å². The summed E-state index contributed by atoms with van der Waals surface area (Å²) in [6.07, 6.45) is -1.16. The second-order valence-corrected chi connectivity index (χ2v) is 12.2. The number of aliphatic hydroxyl groups is 1. The fraction of sp³-hybridized carbons (Fsp3) is 0.517. The highest BCUT2D eigenvalue weighted by molar-refractivity contribution is 5.90. The lowest BCUT2D eigenvalue weighted by Crippen LogP contribution is -2.71. The molecule has 0 saturated heterocycles. The molecule has 4 bridgehead atoms. The molecule has 0 unspecified atom stereocenters. The van der Waals surface area contributed by atoms with Crippen molar-refractivity contribution in [3.8, 4) is 0 Å². The number of aliphatic hydroxyl groups excluding tert-OH is 1. The van der Waals surface area contributed by atoms with Gasteiger partial charge in [0.1, 0.15) is 12.2 Å². The third-order valence-corrected chi connectivity index (χ3v) is 9.79. The van der Waals surface area contributed by atoms with E-state index in [1.807, 2.05) is 20.8 Å². The second-order valence-electron chi connectivity index (χ2n) is 12.2. The monoisotopic (exact) mass is 552 g/mol. The number of nitro groups is 2. The minimum absolute atomic E-state index is 0.00832. The molecule has 5 aliphatic carbocycles. The van der Waals surface area contributed by atoms with Crippen molar-refractivity contribution in [3.05, 3.63) is 79.9 Å². The lowest BCUT2D eigenvalue weighted by molar-refractivity contribution is -0.385. The number of carbonyl (C=O) groups excluding carboxylic acids is 2. The standard InChI is InChI=1S/C29H32N2O9/c1-15-13-20(32)24-25-23(15)29(24,4)22(40-27(34)17-7-11-19(12-8-17)31(37)38)14-21(28(25,2)3)39-26(33)16-5-9-18(10-6-16)30(35)36/h5-12,15,20-25,32H,13-14H2,1-4H3/t15-,20+,21+,22+,23-,24+,25-,29+/m0/s1. The predicted octanol–water partition coefficient (Wildman–Crippen LogP) is 4.95. The second kappa shape index (κ2) is 9.65. The molecule has 1 N–H and O–H groups in total. The van der Waals surface area contributed by atoms with Gasteiger partial charge in [0.2, 0.25) is 0 Å². The van der Waals surface area contributed by atoms with Crippen LogP contribution in [0.15, 0.2) is 48.5 Å². The van der Waals surface area contributed by atoms with E-state index in [2.05, 4.69) is 6.92 Å². The van der Waals surface area contributed by atoms with Crippen LogP contribution < -0.4 is 0 Å². The fourth-order valence-corrected chi connectivity index (χ4v) is 7.93. The molecule has 5 saturated carbocycles. The van der Waals surface area contributed by atoms with Gasteiger partial charge < -0.3 is 14.6 Å². The number of nitro benzene ring substituents is 2. The number of esters is 2. The zero-order valence-electron chi connectivity index (χ0n) is 22.7. The van der Waals surface area contributed by atoms with E-state index >= 15 is 0 Å². The van der Waals surface area contributed by atoms with Crippen LogP contribution in [0.5, 0.6) is 0 Å². The Morgan fingerprint density at radius 2 is 1.23 bits per heavy atom. The first-order chi connectivity index (χ1) is 18.8. The van der Waals surface area contributed by atoms with Crippen molar-refractivity contribution in [2.45, 2.75) is 58.8 Å². The van der Waals surface area contributed by atoms with Gasteiger partial charge in [-0.2, -0.15) is 0 Å². The van der Waals surface area contributed by atoms with Crippen molar-refractivity contribution >= 4 is 23.3 Å². The van der Waals surface area contributed by atoms with Crippen molar-refractivity contribution in [2.24, 2.45) is 34.5 Å². The van der Waals surface area contributed by atoms with Gasteiger partial charge in [-0.15, -0.1) is 0 Å². The van der Waals surface area contributed by atoms with E-state index in [1.165, 1.54) is 48.5 Å². The van der Waals surface area contributed by atoms with Gasteiger partial charge in [-0.25, -0.2) is 9.59 Å². The Bertz CT molecular complexity index is 1340. The Morgan fingerprint density at radius 3 is 1.65 bits per heavy atom. The number of nitrogens with zero attached hydrogens (tertiary/aromatic N) is 2. The molecule has 11 heteroatoms. The van der Waals surface area contributed by atoms with Gasteiger partial charge in [0.15, 0.2) is 0 Å². The summed E-state index contributed by atoms with van der Waals surface area (Å²) in [4.78, 5) is 47.4. The number of fused-ring (bicyclic) bond motifs is 5. The van der Waals surface area contributed by atoms with E-state index in [4.69, 9.17) is 9.47 Å². The van der Waals surface area contributed by atoms with Gasteiger partial charge in [0.05, 0.1) is 27.1 Å². The van der Waals surface area contributed by atoms with Crippen molar-refractivity contribution in [2.75, 3.05) is 0 Å². The maximum absolute atomic E-state index is 13.3. The Hall–Kier alpha value is -3.86. The molecule has 0 aliphatic heterocycles. The van der Waals surface area contributed by atoms with Crippen LogP contribution in [0.25, 0.3) is 0 Å². The van der Waals surface area contributed by atoms with Crippen molar-refractivity contribution in [1.82, 2.24) is 0 Å². The molecular formula is C29H32N2O9. The molecule has 212 valence electrons. The molecule has 0 aromatic heterocycles. The van der Waals surface area contributed by atoms with Gasteiger partial charge in [-0.3, -0.25) is 20.2 Å². The zero-order chi connectivity index (χ0) is 29.1. The smallest absolute Gasteiger partial charge is 0.338 e. The van der Waals surface area contributed by atoms with Crippen LogP contribution in [0.2, 0.25) is 0 Å². The van der Waals surface area contributed by atoms with Crippen LogP contribution in [-0.2, 0) is 9.47 Å². The predicted molar refractivity (Wildman–Crippen MR) is 141 cm³/mol. The molecule has 5 fully saturated rings. The summed E-state index contributed by atoms with van der Waals surface area (Å²) in [6, 6.07) is 10.3. The number of rotatable bonds is 6. The lowest BCUT2D eigenvalue weighted by Gasteiger charge is -2.70. The minimum Gasteiger partial charge on any atom is -0.458 e. The van der Waals surface area contributed by atoms with Crippen molar-refractivity contribution in [3.63, 3.8) is 0 Å². The molecule has 40 heavy (non-hydrogen) atoms. The van der Waals surface area contributed by atoms with Gasteiger partial charge in [0, 0.05) is 41.5 Å². The maximum atomic E-state index is 13.3. The van der Waals surface area contributed by atoms with Crippen LogP contribution in [0.3, 0.4) is 0 Å². The molecule has 0 heterocycles. The summed E-state index contributed by atoms with van der Waals surface area (Å²) >= 11 is 0. The minimum atomic E-state index is -0.699. The van der Waals surface area contributed by atoms with Crippen molar-refractivity contribution < 1.29 is 34.0 Å². The van der Waals surface area contributed by atoms with E-state index in [0.29, 0.717) is 6.42 Å². The zero-order valence-corrected chi connectivity index (χ0v) is 22.7. The maximum Gasteiger partial charge on any atom is 0.338 e. The molecule has 0 radical (unpaired) electrons. The van der Waals surface area contributed by atoms with E-state index < -0.39 is 50.9 Å². The molecule has 8 atom stereocenters. The highest BCUT2D eigenvalue weighted by atomic mass is 16.6. The average molecular weight is 553 g/mol. The Morgan fingerprint density at radius 1 is 0.775 bits per heavy atom. The molecule has 5 aliphatic rings. The third-order valence-electron chi connectivity index (χ3n) is 9.79. The average Bonchev–Trinajstić information content (AvgIpc) is 3.01. The Labute approximate surface area is 230 Å². The number of carbonyl (C=O) groups is 2. The van der Waals surface area contributed by atoms with E-state index in [9.17, 15) is 34.9 Å². The van der Waals surface area contributed by atoms with Gasteiger partial charge in [-0.1, -0.05) is 27.7 Å². The van der Waals surface area contributed by atoms with Gasteiger partial charge in [0.25, 0.3) is 11.4 Å². The summed E-state index contributed by atoms with van der Waals surface area (Å²) in [5, 5.41) is 33.3. The summed E-state index contributed by atoms with van der Waals surface area (Å²) in [7, 11) is 0. The number of hydrogen-bond donors (Lipinski definition) is 1. The Kier molecular flexibility index (Phi) is 6.68. The van der Waals surface area contributed by atoms with Crippen LogP contribution in [0.4, 0.5) is 11.4 Å². The van der Waals surface area contributed by atoms with E-state index in [0.717, 1.165) is 0 Å².